The maximum Gasteiger partial charge on any atom is 0.249 e. The second-order valence-electron chi connectivity index (χ2n) is 4.26. The first-order valence-corrected chi connectivity index (χ1v) is 5.79. The number of rotatable bonds is 6. The van der Waals surface area contributed by atoms with Crippen LogP contribution in [0.15, 0.2) is 12.4 Å². The lowest BCUT2D eigenvalue weighted by atomic mass is 10.0. The van der Waals surface area contributed by atoms with E-state index in [4.69, 9.17) is 5.73 Å². The molecule has 6 heteroatoms. The summed E-state index contributed by atoms with van der Waals surface area (Å²) in [6.07, 6.45) is 5.64. The second kappa shape index (κ2) is 6.90. The predicted molar refractivity (Wildman–Crippen MR) is 65.1 cm³/mol. The number of carbonyl (C=O) groups is 1. The van der Waals surface area contributed by atoms with E-state index in [1.165, 1.54) is 12.4 Å². The molecule has 1 heterocycles. The summed E-state index contributed by atoms with van der Waals surface area (Å²) in [5, 5.41) is 9.96. The van der Waals surface area contributed by atoms with Crippen LogP contribution in [0.25, 0.3) is 0 Å². The molecule has 0 aromatic carbocycles. The van der Waals surface area contributed by atoms with Gasteiger partial charge in [0.05, 0.1) is 12.4 Å². The van der Waals surface area contributed by atoms with Gasteiger partial charge in [-0.2, -0.15) is 5.10 Å². The second-order valence-corrected chi connectivity index (χ2v) is 4.26. The van der Waals surface area contributed by atoms with Gasteiger partial charge >= 0.3 is 0 Å². The van der Waals surface area contributed by atoms with Crippen LogP contribution in [0, 0.1) is 5.92 Å². The summed E-state index contributed by atoms with van der Waals surface area (Å²) in [4.78, 5) is 15.6. The summed E-state index contributed by atoms with van der Waals surface area (Å²) in [5.74, 6) is 0.0942. The highest BCUT2D eigenvalue weighted by atomic mass is 16.2. The third-order valence-electron chi connectivity index (χ3n) is 2.46. The van der Waals surface area contributed by atoms with Crippen molar-refractivity contribution in [1.82, 2.24) is 15.2 Å². The van der Waals surface area contributed by atoms with Gasteiger partial charge < -0.3 is 5.73 Å². The average molecular weight is 237 g/mol. The Morgan fingerprint density at radius 2 is 2.18 bits per heavy atom. The zero-order valence-electron chi connectivity index (χ0n) is 10.3. The average Bonchev–Trinajstić information content (AvgIpc) is 2.29. The standard InChI is InChI=1S/C11H19N5O/c1-8(4-3-5-9(2)12)10(17)15-11-13-6-7-14-16-11/h6-9H,3-5,12H2,1-2H3,(H,13,15,16,17). The SMILES string of the molecule is CC(N)CCCC(C)C(=O)Nc1nccnn1. The minimum atomic E-state index is -0.0809. The van der Waals surface area contributed by atoms with Gasteiger partial charge in [-0.25, -0.2) is 4.98 Å². The van der Waals surface area contributed by atoms with Crippen LogP contribution >= 0.6 is 0 Å². The maximum atomic E-state index is 11.7. The van der Waals surface area contributed by atoms with Crippen LogP contribution in [0.1, 0.15) is 33.1 Å². The van der Waals surface area contributed by atoms with Crippen molar-refractivity contribution in [2.45, 2.75) is 39.2 Å². The number of hydrogen-bond acceptors (Lipinski definition) is 5. The highest BCUT2D eigenvalue weighted by Gasteiger charge is 2.13. The van der Waals surface area contributed by atoms with E-state index in [-0.39, 0.29) is 23.8 Å². The molecular weight excluding hydrogens is 218 g/mol. The van der Waals surface area contributed by atoms with E-state index in [1.807, 2.05) is 13.8 Å². The lowest BCUT2D eigenvalue weighted by molar-refractivity contribution is -0.119. The van der Waals surface area contributed by atoms with Gasteiger partial charge in [-0.05, 0) is 19.8 Å². The Morgan fingerprint density at radius 3 is 2.76 bits per heavy atom. The van der Waals surface area contributed by atoms with Gasteiger partial charge in [-0.3, -0.25) is 10.1 Å². The lowest BCUT2D eigenvalue weighted by Gasteiger charge is -2.11. The largest absolute Gasteiger partial charge is 0.328 e. The van der Waals surface area contributed by atoms with Crippen molar-refractivity contribution in [1.29, 1.82) is 0 Å². The number of carbonyl (C=O) groups excluding carboxylic acids is 1. The molecule has 17 heavy (non-hydrogen) atoms. The van der Waals surface area contributed by atoms with Crippen LogP contribution in [0.2, 0.25) is 0 Å². The lowest BCUT2D eigenvalue weighted by Crippen LogP contribution is -2.22. The number of nitrogens with two attached hydrogens (primary N) is 1. The first-order chi connectivity index (χ1) is 8.09. The highest BCUT2D eigenvalue weighted by molar-refractivity contribution is 5.90. The van der Waals surface area contributed by atoms with Crippen LogP contribution in [0.5, 0.6) is 0 Å². The van der Waals surface area contributed by atoms with Crippen molar-refractivity contribution in [2.24, 2.45) is 11.7 Å². The van der Waals surface area contributed by atoms with Crippen LogP contribution in [0.3, 0.4) is 0 Å². The molecule has 1 rings (SSSR count). The molecule has 0 aliphatic rings. The number of hydrogen-bond donors (Lipinski definition) is 2. The Kier molecular flexibility index (Phi) is 5.48. The minimum absolute atomic E-state index is 0.0717. The summed E-state index contributed by atoms with van der Waals surface area (Å²) < 4.78 is 0. The Morgan fingerprint density at radius 1 is 1.41 bits per heavy atom. The fourth-order valence-electron chi connectivity index (χ4n) is 1.42. The van der Waals surface area contributed by atoms with Gasteiger partial charge in [-0.1, -0.05) is 13.3 Å². The molecule has 0 spiro atoms. The Bertz CT molecular complexity index is 341. The molecule has 1 aromatic rings. The third kappa shape index (κ3) is 5.35. The van der Waals surface area contributed by atoms with Gasteiger partial charge in [0, 0.05) is 12.0 Å². The Labute approximate surface area is 101 Å². The van der Waals surface area contributed by atoms with Gasteiger partial charge in [0.25, 0.3) is 0 Å². The van der Waals surface area contributed by atoms with Crippen molar-refractivity contribution < 1.29 is 4.79 Å². The minimum Gasteiger partial charge on any atom is -0.328 e. The highest BCUT2D eigenvalue weighted by Crippen LogP contribution is 2.10. The number of aromatic nitrogens is 3. The van der Waals surface area contributed by atoms with Crippen molar-refractivity contribution in [3.63, 3.8) is 0 Å². The Hall–Kier alpha value is -1.56. The number of amides is 1. The van der Waals surface area contributed by atoms with E-state index in [0.717, 1.165) is 19.3 Å². The zero-order valence-corrected chi connectivity index (χ0v) is 10.3. The van der Waals surface area contributed by atoms with Gasteiger partial charge in [0.2, 0.25) is 11.9 Å². The quantitative estimate of drug-likeness (QED) is 0.768. The van der Waals surface area contributed by atoms with E-state index < -0.39 is 0 Å². The number of nitrogens with zero attached hydrogens (tertiary/aromatic N) is 3. The van der Waals surface area contributed by atoms with Crippen LogP contribution in [0.4, 0.5) is 5.95 Å². The summed E-state index contributed by atoms with van der Waals surface area (Å²) in [7, 11) is 0. The normalized spacial score (nSPS) is 14.1. The molecule has 0 bridgehead atoms. The fraction of sp³-hybridized carbons (Fsp3) is 0.636. The molecule has 1 amide bonds. The first-order valence-electron chi connectivity index (χ1n) is 5.79. The molecule has 0 saturated heterocycles. The van der Waals surface area contributed by atoms with Crippen molar-refractivity contribution in [3.8, 4) is 0 Å². The van der Waals surface area contributed by atoms with Gasteiger partial charge in [0.15, 0.2) is 0 Å². The zero-order chi connectivity index (χ0) is 12.7. The molecule has 6 nitrogen and oxygen atoms in total. The summed E-state index contributed by atoms with van der Waals surface area (Å²) in [6.45, 7) is 3.85. The van der Waals surface area contributed by atoms with Crippen LogP contribution in [-0.2, 0) is 4.79 Å². The van der Waals surface area contributed by atoms with E-state index in [9.17, 15) is 4.79 Å². The van der Waals surface area contributed by atoms with Gasteiger partial charge in [-0.15, -0.1) is 5.10 Å². The van der Waals surface area contributed by atoms with Crippen molar-refractivity contribution >= 4 is 11.9 Å². The summed E-state index contributed by atoms with van der Waals surface area (Å²) in [5.41, 5.74) is 5.65. The van der Waals surface area contributed by atoms with Gasteiger partial charge in [0.1, 0.15) is 0 Å². The molecule has 0 fully saturated rings. The molecule has 2 atom stereocenters. The number of nitrogens with one attached hydrogen (secondary N) is 1. The third-order valence-corrected chi connectivity index (χ3v) is 2.46. The maximum absolute atomic E-state index is 11.7. The monoisotopic (exact) mass is 237 g/mol. The topological polar surface area (TPSA) is 93.8 Å². The number of anilines is 1. The molecule has 0 saturated carbocycles. The molecular formula is C11H19N5O. The van der Waals surface area contributed by atoms with E-state index in [1.54, 1.807) is 0 Å². The predicted octanol–water partition coefficient (Wildman–Crippen LogP) is 0.964. The Balaban J connectivity index is 2.32. The summed E-state index contributed by atoms with van der Waals surface area (Å²) in [6, 6.07) is 0.187. The van der Waals surface area contributed by atoms with E-state index in [0.29, 0.717) is 0 Å². The fourth-order valence-corrected chi connectivity index (χ4v) is 1.42. The van der Waals surface area contributed by atoms with E-state index >= 15 is 0 Å². The molecule has 1 aromatic heterocycles. The molecule has 0 aliphatic heterocycles. The van der Waals surface area contributed by atoms with E-state index in [2.05, 4.69) is 20.5 Å². The summed E-state index contributed by atoms with van der Waals surface area (Å²) >= 11 is 0. The first kappa shape index (κ1) is 13.5. The molecule has 0 aliphatic carbocycles. The molecule has 94 valence electrons. The van der Waals surface area contributed by atoms with Crippen molar-refractivity contribution in [3.05, 3.63) is 12.4 Å². The van der Waals surface area contributed by atoms with Crippen molar-refractivity contribution in [2.75, 3.05) is 5.32 Å². The van der Waals surface area contributed by atoms with Crippen LogP contribution < -0.4 is 11.1 Å². The van der Waals surface area contributed by atoms with Crippen LogP contribution in [-0.4, -0.2) is 27.1 Å². The molecule has 3 N–H and O–H groups in total. The molecule has 2 unspecified atom stereocenters. The molecule has 0 radical (unpaired) electrons. The smallest absolute Gasteiger partial charge is 0.249 e.